The molecule has 0 aliphatic carbocycles. The molecule has 8 nitrogen and oxygen atoms in total. The molecule has 0 aliphatic heterocycles. The fraction of sp³-hybridized carbons (Fsp3) is 0.450. The van der Waals surface area contributed by atoms with Gasteiger partial charge in [-0.2, -0.15) is 5.10 Å². The summed E-state index contributed by atoms with van der Waals surface area (Å²) in [6.45, 7) is 28.1. The number of rotatable bonds is 9. The summed E-state index contributed by atoms with van der Waals surface area (Å²) in [6.07, 6.45) is 3.77. The Hall–Kier alpha value is -4.46. The van der Waals surface area contributed by atoms with Gasteiger partial charge in [0.05, 0.1) is 5.69 Å². The van der Waals surface area contributed by atoms with Gasteiger partial charge < -0.3 is 10.2 Å². The van der Waals surface area contributed by atoms with E-state index in [0.717, 1.165) is 40.7 Å². The normalized spacial score (nSPS) is 13.0. The van der Waals surface area contributed by atoms with E-state index < -0.39 is 0 Å². The number of phenolic OH excluding ortho intramolecular Hbond substituents is 2. The molecule has 0 amide bonds. The highest BCUT2D eigenvalue weighted by Gasteiger charge is 2.32. The van der Waals surface area contributed by atoms with Crippen LogP contribution < -0.4 is 0 Å². The Balaban J connectivity index is 1.73. The van der Waals surface area contributed by atoms with Crippen molar-refractivity contribution in [1.82, 2.24) is 30.0 Å². The van der Waals surface area contributed by atoms with Crippen molar-refractivity contribution >= 4 is 17.1 Å². The zero-order chi connectivity index (χ0) is 35.4. The first-order chi connectivity index (χ1) is 22.2. The smallest absolute Gasteiger partial charge is 0.146 e. The molecule has 5 rings (SSSR count). The van der Waals surface area contributed by atoms with Gasteiger partial charge in [0.15, 0.2) is 0 Å². The van der Waals surface area contributed by atoms with Crippen LogP contribution in [0.2, 0.25) is 0 Å². The van der Waals surface area contributed by atoms with Crippen molar-refractivity contribution in [2.75, 3.05) is 0 Å². The molecule has 8 heteroatoms. The van der Waals surface area contributed by atoms with Gasteiger partial charge in [0.2, 0.25) is 0 Å². The summed E-state index contributed by atoms with van der Waals surface area (Å²) >= 11 is 0. The van der Waals surface area contributed by atoms with Crippen molar-refractivity contribution in [2.24, 2.45) is 10.8 Å². The molecule has 5 aromatic rings. The van der Waals surface area contributed by atoms with Gasteiger partial charge in [-0.05, 0) is 82.9 Å². The Morgan fingerprint density at radius 2 is 1.06 bits per heavy atom. The maximum absolute atomic E-state index is 12.0. The van der Waals surface area contributed by atoms with Crippen molar-refractivity contribution in [3.63, 3.8) is 0 Å². The Kier molecular flexibility index (Phi) is 8.87. The van der Waals surface area contributed by atoms with E-state index >= 15 is 0 Å². The number of phenols is 2. The lowest BCUT2D eigenvalue weighted by molar-refractivity contribution is 0.283. The second kappa shape index (κ2) is 12.2. The van der Waals surface area contributed by atoms with E-state index in [1.165, 1.54) is 9.59 Å². The van der Waals surface area contributed by atoms with E-state index in [-0.39, 0.29) is 39.6 Å². The van der Waals surface area contributed by atoms with Gasteiger partial charge in [-0.25, -0.2) is 0 Å². The molecular weight excluding hydrogens is 596 g/mol. The molecule has 0 saturated carbocycles. The molecule has 0 radical (unpaired) electrons. The molecule has 0 saturated heterocycles. The molecule has 0 fully saturated rings. The fourth-order valence-corrected chi connectivity index (χ4v) is 7.43. The number of aromatic nitrogens is 6. The van der Waals surface area contributed by atoms with Crippen molar-refractivity contribution in [3.05, 3.63) is 88.8 Å². The van der Waals surface area contributed by atoms with Crippen molar-refractivity contribution in [3.8, 4) is 22.9 Å². The molecule has 2 N–H and O–H groups in total. The van der Waals surface area contributed by atoms with Crippen LogP contribution in [0.4, 0.5) is 0 Å². The SMILES string of the molecule is C=Cc1nn(-c2cc(C(C)(C)CC(C)(C)C)cc(Cc3cc(C(C)(C)CC(C)(C)C)cc(-n4nc5ccccc5n4)c3O)c2O)nc1C. The minimum Gasteiger partial charge on any atom is -0.505 e. The van der Waals surface area contributed by atoms with Crippen LogP contribution in [0, 0.1) is 17.8 Å². The third-order valence-electron chi connectivity index (χ3n) is 8.95. The zero-order valence-corrected chi connectivity index (χ0v) is 30.6. The summed E-state index contributed by atoms with van der Waals surface area (Å²) < 4.78 is 0. The van der Waals surface area contributed by atoms with Crippen LogP contribution in [0.15, 0.2) is 55.1 Å². The first-order valence-corrected chi connectivity index (χ1v) is 16.8. The van der Waals surface area contributed by atoms with Crippen LogP contribution >= 0.6 is 0 Å². The van der Waals surface area contributed by atoms with Crippen molar-refractivity contribution in [2.45, 2.75) is 106 Å². The molecule has 254 valence electrons. The number of aromatic hydroxyl groups is 2. The summed E-state index contributed by atoms with van der Waals surface area (Å²) in [6, 6.07) is 15.8. The topological polar surface area (TPSA) is 102 Å². The first kappa shape index (κ1) is 34.9. The maximum Gasteiger partial charge on any atom is 0.146 e. The summed E-state index contributed by atoms with van der Waals surface area (Å²) in [5.74, 6) is 0.145. The quantitative estimate of drug-likeness (QED) is 0.165. The van der Waals surface area contributed by atoms with Crippen LogP contribution in [-0.4, -0.2) is 40.2 Å². The molecule has 0 aliphatic rings. The number of hydrogen-bond acceptors (Lipinski definition) is 6. The summed E-state index contributed by atoms with van der Waals surface area (Å²) in [4.78, 5) is 3.02. The van der Waals surface area contributed by atoms with Gasteiger partial charge in [0.25, 0.3) is 0 Å². The second-order valence-electron chi connectivity index (χ2n) is 17.1. The molecule has 0 bridgehead atoms. The Bertz CT molecular complexity index is 1950. The van der Waals surface area contributed by atoms with Gasteiger partial charge in [-0.15, -0.1) is 24.9 Å². The number of benzene rings is 3. The van der Waals surface area contributed by atoms with Gasteiger partial charge in [0, 0.05) is 17.5 Å². The average molecular weight is 649 g/mol. The fourth-order valence-electron chi connectivity index (χ4n) is 7.43. The highest BCUT2D eigenvalue weighted by atomic mass is 16.3. The summed E-state index contributed by atoms with van der Waals surface area (Å²) in [7, 11) is 0. The summed E-state index contributed by atoms with van der Waals surface area (Å²) in [5.41, 5.74) is 7.00. The van der Waals surface area contributed by atoms with Crippen LogP contribution in [-0.2, 0) is 17.3 Å². The number of nitrogens with zero attached hydrogens (tertiary/aromatic N) is 6. The monoisotopic (exact) mass is 648 g/mol. The Labute approximate surface area is 285 Å². The third-order valence-corrected chi connectivity index (χ3v) is 8.95. The van der Waals surface area contributed by atoms with E-state index in [4.69, 9.17) is 10.2 Å². The predicted octanol–water partition coefficient (Wildman–Crippen LogP) is 9.38. The van der Waals surface area contributed by atoms with Gasteiger partial charge in [-0.3, -0.25) is 0 Å². The van der Waals surface area contributed by atoms with Gasteiger partial charge in [-0.1, -0.05) is 100 Å². The first-order valence-electron chi connectivity index (χ1n) is 16.8. The molecule has 2 aromatic heterocycles. The lowest BCUT2D eigenvalue weighted by Gasteiger charge is -2.34. The Morgan fingerprint density at radius 1 is 0.646 bits per heavy atom. The molecule has 3 aromatic carbocycles. The molecule has 0 unspecified atom stereocenters. The van der Waals surface area contributed by atoms with Gasteiger partial charge >= 0.3 is 0 Å². The van der Waals surface area contributed by atoms with Crippen LogP contribution in [0.3, 0.4) is 0 Å². The summed E-state index contributed by atoms with van der Waals surface area (Å²) in [5, 5.41) is 42.6. The van der Waals surface area contributed by atoms with E-state index in [1.807, 2.05) is 43.3 Å². The lowest BCUT2D eigenvalue weighted by atomic mass is 9.71. The molecule has 2 heterocycles. The van der Waals surface area contributed by atoms with Crippen LogP contribution in [0.1, 0.15) is 116 Å². The molecule has 0 spiro atoms. The molecule has 0 atom stereocenters. The van der Waals surface area contributed by atoms with Crippen LogP contribution in [0.5, 0.6) is 11.5 Å². The molecular formula is C40H52N6O2. The minimum absolute atomic E-state index is 0.0682. The maximum atomic E-state index is 12.0. The predicted molar refractivity (Wildman–Crippen MR) is 195 cm³/mol. The Morgan fingerprint density at radius 3 is 1.44 bits per heavy atom. The van der Waals surface area contributed by atoms with E-state index in [0.29, 0.717) is 28.2 Å². The van der Waals surface area contributed by atoms with E-state index in [1.54, 1.807) is 6.08 Å². The minimum atomic E-state index is -0.234. The average Bonchev–Trinajstić information content (AvgIpc) is 3.55. The van der Waals surface area contributed by atoms with Crippen molar-refractivity contribution in [1.29, 1.82) is 0 Å². The number of hydrogen-bond donors (Lipinski definition) is 2. The number of aryl methyl sites for hydroxylation is 1. The van der Waals surface area contributed by atoms with Crippen LogP contribution in [0.25, 0.3) is 28.5 Å². The van der Waals surface area contributed by atoms with Gasteiger partial charge in [0.1, 0.15) is 39.6 Å². The third kappa shape index (κ3) is 7.33. The van der Waals surface area contributed by atoms with E-state index in [2.05, 4.69) is 98.1 Å². The highest BCUT2D eigenvalue weighted by molar-refractivity contribution is 5.74. The largest absolute Gasteiger partial charge is 0.505 e. The lowest BCUT2D eigenvalue weighted by Crippen LogP contribution is -2.25. The second-order valence-corrected chi connectivity index (χ2v) is 17.1. The number of fused-ring (bicyclic) bond motifs is 1. The standard InChI is InChI=1S/C40H52N6O2/c1-13-30-25(2)41-45(42-30)33-21-28(39(9,10)23-37(3,4)5)19-26(35(33)47)18-27-20-29(40(11,12)24-38(6,7)8)22-34(36(27)48)46-43-31-16-14-15-17-32(31)44-46/h13-17,19-22,47-48H,1,18,23-24H2,2-12H3. The zero-order valence-electron chi connectivity index (χ0n) is 30.6. The van der Waals surface area contributed by atoms with Crippen molar-refractivity contribution < 1.29 is 10.2 Å². The molecule has 48 heavy (non-hydrogen) atoms. The van der Waals surface area contributed by atoms with E-state index in [9.17, 15) is 10.2 Å². The highest BCUT2D eigenvalue weighted by Crippen LogP contribution is 2.43.